The van der Waals surface area contributed by atoms with Crippen molar-refractivity contribution in [3.63, 3.8) is 0 Å². The van der Waals surface area contributed by atoms with Gasteiger partial charge in [0.05, 0.1) is 5.92 Å². The standard InChI is InChI=1S/C13H15F3O/c1-3-5-9(2)12(17)10-6-4-7-11(8-10)13(14,15)16/h3,5-6,11H,2,4,7-8H2,1H3/b5-3-/t11-/m1/s1. The maximum Gasteiger partial charge on any atom is 0.392 e. The van der Waals surface area contributed by atoms with Gasteiger partial charge in [-0.2, -0.15) is 13.2 Å². The molecule has 1 aliphatic carbocycles. The van der Waals surface area contributed by atoms with Gasteiger partial charge in [-0.15, -0.1) is 0 Å². The first-order valence-electron chi connectivity index (χ1n) is 5.48. The van der Waals surface area contributed by atoms with Gasteiger partial charge in [0.25, 0.3) is 0 Å². The molecule has 0 heterocycles. The zero-order chi connectivity index (χ0) is 13.1. The van der Waals surface area contributed by atoms with E-state index in [9.17, 15) is 18.0 Å². The Bertz CT molecular complexity index is 375. The lowest BCUT2D eigenvalue weighted by Gasteiger charge is -2.24. The van der Waals surface area contributed by atoms with E-state index in [2.05, 4.69) is 6.58 Å². The average molecular weight is 244 g/mol. The van der Waals surface area contributed by atoms with E-state index in [4.69, 9.17) is 0 Å². The molecule has 0 saturated carbocycles. The highest BCUT2D eigenvalue weighted by Gasteiger charge is 2.41. The van der Waals surface area contributed by atoms with E-state index in [0.717, 1.165) is 0 Å². The van der Waals surface area contributed by atoms with Crippen molar-refractivity contribution >= 4 is 5.78 Å². The molecule has 0 amide bonds. The van der Waals surface area contributed by atoms with Gasteiger partial charge in [-0.05, 0) is 31.8 Å². The second-order valence-corrected chi connectivity index (χ2v) is 4.10. The number of ketones is 1. The molecular weight excluding hydrogens is 229 g/mol. The first-order chi connectivity index (χ1) is 7.86. The van der Waals surface area contributed by atoms with Crippen molar-refractivity contribution in [1.82, 2.24) is 0 Å². The molecule has 0 bridgehead atoms. The number of halogens is 3. The lowest BCUT2D eigenvalue weighted by Crippen LogP contribution is -2.26. The van der Waals surface area contributed by atoms with Crippen molar-refractivity contribution in [2.45, 2.75) is 32.4 Å². The van der Waals surface area contributed by atoms with Gasteiger partial charge in [-0.1, -0.05) is 24.8 Å². The highest BCUT2D eigenvalue weighted by Crippen LogP contribution is 2.38. The van der Waals surface area contributed by atoms with Crippen LogP contribution in [-0.4, -0.2) is 12.0 Å². The Morgan fingerprint density at radius 2 is 2.18 bits per heavy atom. The summed E-state index contributed by atoms with van der Waals surface area (Å²) in [5.41, 5.74) is 0.475. The summed E-state index contributed by atoms with van der Waals surface area (Å²) in [4.78, 5) is 11.8. The molecule has 1 rings (SSSR count). The number of hydrogen-bond acceptors (Lipinski definition) is 1. The summed E-state index contributed by atoms with van der Waals surface area (Å²) in [6.45, 7) is 5.28. The second-order valence-electron chi connectivity index (χ2n) is 4.10. The number of carbonyl (C=O) groups is 1. The molecule has 0 spiro atoms. The number of rotatable bonds is 3. The Balaban J connectivity index is 2.77. The monoisotopic (exact) mass is 244 g/mol. The molecule has 0 aliphatic heterocycles. The van der Waals surface area contributed by atoms with Crippen molar-refractivity contribution in [1.29, 1.82) is 0 Å². The Morgan fingerprint density at radius 1 is 1.53 bits per heavy atom. The van der Waals surface area contributed by atoms with Crippen LogP contribution < -0.4 is 0 Å². The van der Waals surface area contributed by atoms with Gasteiger partial charge in [0, 0.05) is 5.57 Å². The molecule has 1 atom stereocenters. The number of alkyl halides is 3. The lowest BCUT2D eigenvalue weighted by molar-refractivity contribution is -0.176. The maximum absolute atomic E-state index is 12.6. The van der Waals surface area contributed by atoms with Crippen LogP contribution in [0.25, 0.3) is 0 Å². The topological polar surface area (TPSA) is 17.1 Å². The molecule has 0 fully saturated rings. The molecule has 1 aliphatic rings. The third-order valence-corrected chi connectivity index (χ3v) is 2.79. The number of carbonyl (C=O) groups excluding carboxylic acids is 1. The molecule has 94 valence electrons. The summed E-state index contributed by atoms with van der Waals surface area (Å²) in [5.74, 6) is -1.78. The average Bonchev–Trinajstić information content (AvgIpc) is 2.27. The predicted molar refractivity (Wildman–Crippen MR) is 60.4 cm³/mol. The zero-order valence-electron chi connectivity index (χ0n) is 9.68. The fourth-order valence-corrected chi connectivity index (χ4v) is 1.86. The fourth-order valence-electron chi connectivity index (χ4n) is 1.86. The van der Waals surface area contributed by atoms with Crippen LogP contribution in [0.4, 0.5) is 13.2 Å². The molecule has 0 aromatic carbocycles. The highest BCUT2D eigenvalue weighted by molar-refractivity contribution is 6.09. The summed E-state index contributed by atoms with van der Waals surface area (Å²) in [7, 11) is 0. The summed E-state index contributed by atoms with van der Waals surface area (Å²) in [5, 5.41) is 0. The van der Waals surface area contributed by atoms with E-state index in [1.807, 2.05) is 0 Å². The van der Waals surface area contributed by atoms with Crippen LogP contribution in [0.5, 0.6) is 0 Å². The van der Waals surface area contributed by atoms with E-state index in [1.165, 1.54) is 6.08 Å². The largest absolute Gasteiger partial charge is 0.392 e. The van der Waals surface area contributed by atoms with Gasteiger partial charge in [-0.25, -0.2) is 0 Å². The molecule has 0 N–H and O–H groups in total. The van der Waals surface area contributed by atoms with E-state index >= 15 is 0 Å². The van der Waals surface area contributed by atoms with E-state index in [-0.39, 0.29) is 29.8 Å². The zero-order valence-corrected chi connectivity index (χ0v) is 9.68. The minimum absolute atomic E-state index is 0.0658. The smallest absolute Gasteiger partial charge is 0.289 e. The second kappa shape index (κ2) is 5.34. The normalized spacial score (nSPS) is 21.4. The fraction of sp³-hybridized carbons (Fsp3) is 0.462. The SMILES string of the molecule is C=C(/C=C\C)C(=O)C1=CCC[C@@H](C(F)(F)F)C1. The van der Waals surface area contributed by atoms with Gasteiger partial charge in [0.1, 0.15) is 0 Å². The Hall–Kier alpha value is -1.32. The van der Waals surface area contributed by atoms with Crippen LogP contribution >= 0.6 is 0 Å². The third kappa shape index (κ3) is 3.58. The van der Waals surface area contributed by atoms with Gasteiger partial charge < -0.3 is 0 Å². The maximum atomic E-state index is 12.6. The molecule has 0 saturated heterocycles. The quantitative estimate of drug-likeness (QED) is 0.542. The van der Waals surface area contributed by atoms with Crippen molar-refractivity contribution in [3.8, 4) is 0 Å². The van der Waals surface area contributed by atoms with Gasteiger partial charge in [-0.3, -0.25) is 4.79 Å². The molecular formula is C13H15F3O. The molecule has 0 aromatic rings. The van der Waals surface area contributed by atoms with Crippen molar-refractivity contribution < 1.29 is 18.0 Å². The van der Waals surface area contributed by atoms with Crippen LogP contribution in [0, 0.1) is 5.92 Å². The Kier molecular flexibility index (Phi) is 4.32. The van der Waals surface area contributed by atoms with E-state index in [0.29, 0.717) is 6.42 Å². The van der Waals surface area contributed by atoms with Crippen LogP contribution in [0.3, 0.4) is 0 Å². The van der Waals surface area contributed by atoms with E-state index < -0.39 is 12.1 Å². The first-order valence-corrected chi connectivity index (χ1v) is 5.48. The molecule has 17 heavy (non-hydrogen) atoms. The predicted octanol–water partition coefficient (Wildman–Crippen LogP) is 3.98. The lowest BCUT2D eigenvalue weighted by atomic mass is 9.85. The summed E-state index contributed by atoms with van der Waals surface area (Å²) < 4.78 is 37.7. The van der Waals surface area contributed by atoms with Crippen molar-refractivity contribution in [2.75, 3.05) is 0 Å². The summed E-state index contributed by atoms with van der Waals surface area (Å²) in [6, 6.07) is 0. The van der Waals surface area contributed by atoms with Crippen LogP contribution in [0.15, 0.2) is 36.0 Å². The third-order valence-electron chi connectivity index (χ3n) is 2.79. The summed E-state index contributed by atoms with van der Waals surface area (Å²) >= 11 is 0. The number of Topliss-reactive ketones (excluding diaryl/α,β-unsaturated/α-hetero) is 1. The molecule has 0 radical (unpaired) electrons. The first kappa shape index (κ1) is 13.7. The molecule has 0 aromatic heterocycles. The summed E-state index contributed by atoms with van der Waals surface area (Å²) in [6.07, 6.45) is 0.676. The minimum atomic E-state index is -4.22. The molecule has 0 unspecified atom stereocenters. The number of hydrogen-bond donors (Lipinski definition) is 0. The molecule has 1 nitrogen and oxygen atoms in total. The Morgan fingerprint density at radius 3 is 2.71 bits per heavy atom. The highest BCUT2D eigenvalue weighted by atomic mass is 19.4. The van der Waals surface area contributed by atoms with Gasteiger partial charge >= 0.3 is 6.18 Å². The van der Waals surface area contributed by atoms with E-state index in [1.54, 1.807) is 19.1 Å². The van der Waals surface area contributed by atoms with Crippen LogP contribution in [-0.2, 0) is 4.79 Å². The van der Waals surface area contributed by atoms with Gasteiger partial charge in [0.2, 0.25) is 0 Å². The van der Waals surface area contributed by atoms with Crippen molar-refractivity contribution in [2.24, 2.45) is 5.92 Å². The van der Waals surface area contributed by atoms with Crippen molar-refractivity contribution in [3.05, 3.63) is 36.0 Å². The minimum Gasteiger partial charge on any atom is -0.289 e. The van der Waals surface area contributed by atoms with Crippen LogP contribution in [0.1, 0.15) is 26.2 Å². The number of allylic oxidation sites excluding steroid dienone is 5. The molecule has 4 heteroatoms. The van der Waals surface area contributed by atoms with Crippen LogP contribution in [0.2, 0.25) is 0 Å². The van der Waals surface area contributed by atoms with Gasteiger partial charge in [0.15, 0.2) is 5.78 Å². The Labute approximate surface area is 98.7 Å².